The lowest BCUT2D eigenvalue weighted by Gasteiger charge is -2.21. The van der Waals surface area contributed by atoms with Gasteiger partial charge in [-0.25, -0.2) is 9.13 Å². The number of esters is 4. The summed E-state index contributed by atoms with van der Waals surface area (Å²) in [4.78, 5) is 73.1. The first-order valence-electron chi connectivity index (χ1n) is 43.9. The average molecular weight is 1520 g/mol. The van der Waals surface area contributed by atoms with Crippen LogP contribution in [0, 0.1) is 17.8 Å². The molecule has 0 fully saturated rings. The van der Waals surface area contributed by atoms with Crippen molar-refractivity contribution in [3.8, 4) is 0 Å². The van der Waals surface area contributed by atoms with E-state index in [-0.39, 0.29) is 25.7 Å². The number of phosphoric acid groups is 2. The molecule has 618 valence electrons. The molecule has 0 aromatic carbocycles. The van der Waals surface area contributed by atoms with Gasteiger partial charge >= 0.3 is 39.5 Å². The molecule has 0 saturated heterocycles. The molecule has 0 heterocycles. The fourth-order valence-corrected chi connectivity index (χ4v) is 14.7. The fourth-order valence-electron chi connectivity index (χ4n) is 13.2. The van der Waals surface area contributed by atoms with Crippen molar-refractivity contribution in [1.29, 1.82) is 0 Å². The highest BCUT2D eigenvalue weighted by atomic mass is 31.2. The molecule has 19 heteroatoms. The zero-order valence-corrected chi connectivity index (χ0v) is 70.3. The van der Waals surface area contributed by atoms with Gasteiger partial charge in [-0.3, -0.25) is 37.3 Å². The Balaban J connectivity index is 5.21. The molecule has 104 heavy (non-hydrogen) atoms. The summed E-state index contributed by atoms with van der Waals surface area (Å²) in [5.74, 6) is 0.350. The van der Waals surface area contributed by atoms with Gasteiger partial charge in [0.2, 0.25) is 0 Å². The summed E-state index contributed by atoms with van der Waals surface area (Å²) in [7, 11) is -9.92. The van der Waals surface area contributed by atoms with E-state index in [0.717, 1.165) is 108 Å². The smallest absolute Gasteiger partial charge is 0.462 e. The van der Waals surface area contributed by atoms with Crippen LogP contribution in [-0.4, -0.2) is 96.7 Å². The van der Waals surface area contributed by atoms with E-state index in [1.807, 2.05) is 0 Å². The molecule has 0 amide bonds. The SMILES string of the molecule is CCCCCCCCCCCC(=O)OC[C@H](COP(=O)(O)OC[C@H](O)COP(=O)(O)OC[C@@H](COC(=O)CCCCCCCCCCCCCCCCC(C)C)OC(=O)CCCCCCCCCCCCCCCCCCCCC(C)CC)OC(=O)CCCCCCCCCCCCCCCC(C)C. The summed E-state index contributed by atoms with van der Waals surface area (Å²) in [5.41, 5.74) is 0. The van der Waals surface area contributed by atoms with Gasteiger partial charge in [0.25, 0.3) is 0 Å². The third-order valence-electron chi connectivity index (χ3n) is 20.2. The lowest BCUT2D eigenvalue weighted by Crippen LogP contribution is -2.30. The number of rotatable bonds is 83. The van der Waals surface area contributed by atoms with Gasteiger partial charge in [0.1, 0.15) is 19.3 Å². The molecule has 0 aliphatic carbocycles. The minimum absolute atomic E-state index is 0.107. The molecule has 0 aliphatic heterocycles. The van der Waals surface area contributed by atoms with E-state index in [9.17, 15) is 43.2 Å². The van der Waals surface area contributed by atoms with Gasteiger partial charge in [0.05, 0.1) is 26.4 Å². The number of carbonyl (C=O) groups is 4. The van der Waals surface area contributed by atoms with Crippen molar-refractivity contribution >= 4 is 39.5 Å². The summed E-state index contributed by atoms with van der Waals surface area (Å²) >= 11 is 0. The number of hydrogen-bond donors (Lipinski definition) is 3. The van der Waals surface area contributed by atoms with E-state index in [0.29, 0.717) is 25.7 Å². The molecule has 3 unspecified atom stereocenters. The second kappa shape index (κ2) is 75.1. The first kappa shape index (κ1) is 102. The number of hydrogen-bond acceptors (Lipinski definition) is 15. The van der Waals surface area contributed by atoms with Crippen molar-refractivity contribution in [3.63, 3.8) is 0 Å². The number of aliphatic hydroxyl groups is 1. The van der Waals surface area contributed by atoms with E-state index in [2.05, 4.69) is 48.5 Å². The Morgan fingerprint density at radius 1 is 0.279 bits per heavy atom. The molecule has 0 rings (SSSR count). The Kier molecular flexibility index (Phi) is 73.7. The highest BCUT2D eigenvalue weighted by molar-refractivity contribution is 7.47. The van der Waals surface area contributed by atoms with E-state index < -0.39 is 97.5 Å². The Bertz CT molecular complexity index is 2010. The minimum atomic E-state index is -4.97. The second-order valence-electron chi connectivity index (χ2n) is 31.8. The van der Waals surface area contributed by atoms with Crippen LogP contribution in [0.25, 0.3) is 0 Å². The number of phosphoric ester groups is 2. The fraction of sp³-hybridized carbons (Fsp3) is 0.953. The van der Waals surface area contributed by atoms with Crippen molar-refractivity contribution in [2.75, 3.05) is 39.6 Å². The van der Waals surface area contributed by atoms with E-state index >= 15 is 0 Å². The molecule has 0 bridgehead atoms. The number of ether oxygens (including phenoxy) is 4. The van der Waals surface area contributed by atoms with Crippen molar-refractivity contribution in [1.82, 2.24) is 0 Å². The second-order valence-corrected chi connectivity index (χ2v) is 34.7. The van der Waals surface area contributed by atoms with Gasteiger partial charge in [-0.2, -0.15) is 0 Å². The molecule has 3 N–H and O–H groups in total. The van der Waals surface area contributed by atoms with Crippen LogP contribution in [-0.2, 0) is 65.4 Å². The topological polar surface area (TPSA) is 237 Å². The molecule has 0 aliphatic rings. The van der Waals surface area contributed by atoms with Crippen LogP contribution in [0.1, 0.15) is 447 Å². The van der Waals surface area contributed by atoms with Gasteiger partial charge in [-0.05, 0) is 43.4 Å². The average Bonchev–Trinajstić information content (AvgIpc) is 0.906. The number of unbranched alkanes of at least 4 members (excludes halogenated alkanes) is 50. The van der Waals surface area contributed by atoms with E-state index in [4.69, 9.17) is 37.0 Å². The van der Waals surface area contributed by atoms with Gasteiger partial charge in [-0.15, -0.1) is 0 Å². The standard InChI is InChI=1S/C85H166O17P2/c1-8-10-11-12-13-35-45-52-59-66-82(87)95-72-80(101-85(90)69-62-55-48-41-34-28-22-24-30-37-43-50-57-64-77(5)6)74-99-103(91,92)97-70-79(86)71-98-104(93,94)100-75-81(73-96-83(88)67-60-53-46-39-32-26-21-20-23-29-36-42-49-56-63-76(3)4)102-84(89)68-61-54-47-40-33-27-19-17-15-14-16-18-25-31-38-44-51-58-65-78(7)9-2/h76-81,86H,8-75H2,1-7H3,(H,91,92)(H,93,94)/t78?,79-,80+,81+/m0/s1. The van der Waals surface area contributed by atoms with Crippen LogP contribution in [0.3, 0.4) is 0 Å². The monoisotopic (exact) mass is 1520 g/mol. The molecule has 0 aromatic heterocycles. The highest BCUT2D eigenvalue weighted by Gasteiger charge is 2.30. The zero-order valence-electron chi connectivity index (χ0n) is 68.5. The van der Waals surface area contributed by atoms with Crippen molar-refractivity contribution in [2.24, 2.45) is 17.8 Å². The van der Waals surface area contributed by atoms with E-state index in [1.165, 1.54) is 257 Å². The summed E-state index contributed by atoms with van der Waals surface area (Å²) in [5, 5.41) is 10.7. The largest absolute Gasteiger partial charge is 0.472 e. The van der Waals surface area contributed by atoms with Gasteiger partial charge < -0.3 is 33.8 Å². The molecule has 0 saturated carbocycles. The normalized spacial score (nSPS) is 14.2. The Morgan fingerprint density at radius 3 is 0.731 bits per heavy atom. The van der Waals surface area contributed by atoms with Crippen molar-refractivity contribution in [3.05, 3.63) is 0 Å². The molecular formula is C85H166O17P2. The predicted molar refractivity (Wildman–Crippen MR) is 428 cm³/mol. The summed E-state index contributed by atoms with van der Waals surface area (Å²) in [6, 6.07) is 0. The van der Waals surface area contributed by atoms with Crippen LogP contribution in [0.4, 0.5) is 0 Å². The van der Waals surface area contributed by atoms with Gasteiger partial charge in [-0.1, -0.05) is 395 Å². The maximum atomic E-state index is 13.1. The Morgan fingerprint density at radius 2 is 0.490 bits per heavy atom. The molecule has 0 radical (unpaired) electrons. The van der Waals surface area contributed by atoms with Crippen molar-refractivity contribution in [2.45, 2.75) is 465 Å². The van der Waals surface area contributed by atoms with Crippen LogP contribution < -0.4 is 0 Å². The maximum Gasteiger partial charge on any atom is 0.472 e. The summed E-state index contributed by atoms with van der Waals surface area (Å²) < 4.78 is 68.8. The highest BCUT2D eigenvalue weighted by Crippen LogP contribution is 2.45. The van der Waals surface area contributed by atoms with Gasteiger partial charge in [0, 0.05) is 25.7 Å². The molecule has 17 nitrogen and oxygen atoms in total. The lowest BCUT2D eigenvalue weighted by molar-refractivity contribution is -0.161. The van der Waals surface area contributed by atoms with Gasteiger partial charge in [0.15, 0.2) is 12.2 Å². The third-order valence-corrected chi connectivity index (χ3v) is 22.1. The summed E-state index contributed by atoms with van der Waals surface area (Å²) in [6.07, 6.45) is 65.2. The molecule has 6 atom stereocenters. The number of aliphatic hydroxyl groups excluding tert-OH is 1. The van der Waals surface area contributed by atoms with Crippen molar-refractivity contribution < 1.29 is 80.2 Å². The summed E-state index contributed by atoms with van der Waals surface area (Å²) in [6.45, 7) is 12.1. The first-order valence-corrected chi connectivity index (χ1v) is 46.9. The quantitative estimate of drug-likeness (QED) is 0.0222. The lowest BCUT2D eigenvalue weighted by atomic mass is 9.99. The molecule has 0 aromatic rings. The van der Waals surface area contributed by atoms with Crippen LogP contribution in [0.2, 0.25) is 0 Å². The van der Waals surface area contributed by atoms with E-state index in [1.54, 1.807) is 0 Å². The molecule has 0 spiro atoms. The van der Waals surface area contributed by atoms with Crippen LogP contribution in [0.15, 0.2) is 0 Å². The minimum Gasteiger partial charge on any atom is -0.462 e. The Hall–Kier alpha value is -1.94. The zero-order chi connectivity index (χ0) is 76.5. The Labute approximate surface area is 638 Å². The third kappa shape index (κ3) is 76.8. The first-order chi connectivity index (χ1) is 50.3. The predicted octanol–water partition coefficient (Wildman–Crippen LogP) is 25.7. The number of carbonyl (C=O) groups excluding carboxylic acids is 4. The molecular weight excluding hydrogens is 1350 g/mol. The maximum absolute atomic E-state index is 13.1. The van der Waals surface area contributed by atoms with Crippen LogP contribution in [0.5, 0.6) is 0 Å². The van der Waals surface area contributed by atoms with Crippen LogP contribution >= 0.6 is 15.6 Å².